The number of nitrogens with zero attached hydrogens (tertiary/aromatic N) is 1. The Balaban J connectivity index is 2.31. The molecule has 1 saturated heterocycles. The highest BCUT2D eigenvalue weighted by atomic mass is 32.2. The monoisotopic (exact) mass is 277 g/mol. The van der Waals surface area contributed by atoms with E-state index in [4.69, 9.17) is 0 Å². The highest BCUT2D eigenvalue weighted by Gasteiger charge is 2.38. The van der Waals surface area contributed by atoms with Gasteiger partial charge in [-0.05, 0) is 37.8 Å². The molecule has 2 rings (SSSR count). The number of hydrogen-bond acceptors (Lipinski definition) is 4. The zero-order chi connectivity index (χ0) is 14.0. The van der Waals surface area contributed by atoms with Gasteiger partial charge in [-0.3, -0.25) is 19.3 Å². The van der Waals surface area contributed by atoms with E-state index in [2.05, 4.69) is 0 Å². The lowest BCUT2D eigenvalue weighted by Crippen LogP contribution is -2.42. The molecule has 1 aromatic rings. The van der Waals surface area contributed by atoms with E-state index >= 15 is 0 Å². The maximum absolute atomic E-state index is 12.4. The van der Waals surface area contributed by atoms with E-state index in [0.717, 1.165) is 9.80 Å². The minimum atomic E-state index is -0.599. The molecule has 0 spiro atoms. The molecule has 0 aromatic heterocycles. The molecule has 0 saturated carbocycles. The van der Waals surface area contributed by atoms with E-state index in [9.17, 15) is 14.4 Å². The van der Waals surface area contributed by atoms with Gasteiger partial charge >= 0.3 is 0 Å². The van der Waals surface area contributed by atoms with E-state index in [1.54, 1.807) is 18.2 Å². The van der Waals surface area contributed by atoms with Crippen molar-refractivity contribution in [2.45, 2.75) is 30.7 Å². The summed E-state index contributed by atoms with van der Waals surface area (Å²) >= 11 is 1.53. The van der Waals surface area contributed by atoms with Gasteiger partial charge in [-0.1, -0.05) is 6.07 Å². The molecule has 2 amide bonds. The maximum atomic E-state index is 12.4. The second-order valence-electron chi connectivity index (χ2n) is 4.47. The molecule has 1 aromatic carbocycles. The Morgan fingerprint density at radius 1 is 1.37 bits per heavy atom. The van der Waals surface area contributed by atoms with Gasteiger partial charge in [0.2, 0.25) is 5.91 Å². The molecule has 1 heterocycles. The van der Waals surface area contributed by atoms with Crippen LogP contribution in [0.5, 0.6) is 0 Å². The molecule has 1 aliphatic rings. The van der Waals surface area contributed by atoms with Crippen molar-refractivity contribution in [3.63, 3.8) is 0 Å². The molecule has 4 nitrogen and oxygen atoms in total. The fourth-order valence-corrected chi connectivity index (χ4v) is 2.68. The Morgan fingerprint density at radius 3 is 2.74 bits per heavy atom. The minimum absolute atomic E-state index is 0.139. The molecular weight excluding hydrogens is 262 g/mol. The summed E-state index contributed by atoms with van der Waals surface area (Å²) in [5.74, 6) is -0.779. The number of carbonyl (C=O) groups excluding carboxylic acids is 3. The number of rotatable bonds is 3. The van der Waals surface area contributed by atoms with E-state index in [-0.39, 0.29) is 24.0 Å². The molecule has 0 N–H and O–H groups in total. The summed E-state index contributed by atoms with van der Waals surface area (Å²) in [6.45, 7) is 1.42. The molecule has 1 aliphatic heterocycles. The Bertz CT molecular complexity index is 541. The average molecular weight is 277 g/mol. The first-order chi connectivity index (χ1) is 9.04. The van der Waals surface area contributed by atoms with E-state index in [0.29, 0.717) is 12.0 Å². The molecule has 0 unspecified atom stereocenters. The Labute approximate surface area is 116 Å². The van der Waals surface area contributed by atoms with E-state index in [1.807, 2.05) is 12.3 Å². The summed E-state index contributed by atoms with van der Waals surface area (Å²) in [5, 5.41) is 0. The smallest absolute Gasteiger partial charge is 0.261 e. The van der Waals surface area contributed by atoms with Crippen LogP contribution >= 0.6 is 11.8 Å². The van der Waals surface area contributed by atoms with Crippen LogP contribution in [0.2, 0.25) is 0 Å². The number of hydrogen-bond donors (Lipinski definition) is 0. The van der Waals surface area contributed by atoms with Crippen LogP contribution in [0.3, 0.4) is 0 Å². The van der Waals surface area contributed by atoms with Crippen molar-refractivity contribution < 1.29 is 14.4 Å². The third kappa shape index (κ3) is 2.71. The molecule has 0 radical (unpaired) electrons. The van der Waals surface area contributed by atoms with Gasteiger partial charge in [-0.25, -0.2) is 0 Å². The van der Waals surface area contributed by atoms with Gasteiger partial charge in [0.25, 0.3) is 5.91 Å². The van der Waals surface area contributed by atoms with Crippen LogP contribution in [-0.4, -0.2) is 34.8 Å². The fraction of sp³-hybridized carbons (Fsp3) is 0.357. The number of likely N-dealkylation sites (tertiary alicyclic amines) is 1. The van der Waals surface area contributed by atoms with Gasteiger partial charge in [0, 0.05) is 16.9 Å². The molecule has 19 heavy (non-hydrogen) atoms. The van der Waals surface area contributed by atoms with Crippen LogP contribution in [0.15, 0.2) is 29.2 Å². The molecule has 1 fully saturated rings. The van der Waals surface area contributed by atoms with Gasteiger partial charge in [0.05, 0.1) is 6.04 Å². The Hall–Kier alpha value is -1.62. The summed E-state index contributed by atoms with van der Waals surface area (Å²) < 4.78 is 0. The SMILES string of the molecule is CSc1cccc(C(=O)N2C(=O)CC[C@@H]2C(C)=O)c1. The number of benzene rings is 1. The number of carbonyl (C=O) groups is 3. The lowest BCUT2D eigenvalue weighted by atomic mass is 10.1. The maximum Gasteiger partial charge on any atom is 0.261 e. The molecular formula is C14H15NO3S. The molecule has 0 aliphatic carbocycles. The number of Topliss-reactive ketones (excluding diaryl/α,β-unsaturated/α-hetero) is 1. The zero-order valence-electron chi connectivity index (χ0n) is 10.9. The largest absolute Gasteiger partial charge is 0.298 e. The van der Waals surface area contributed by atoms with Gasteiger partial charge in [-0.15, -0.1) is 11.8 Å². The molecule has 1 atom stereocenters. The zero-order valence-corrected chi connectivity index (χ0v) is 11.7. The summed E-state index contributed by atoms with van der Waals surface area (Å²) in [6, 6.07) is 6.50. The first kappa shape index (κ1) is 13.8. The number of thioether (sulfide) groups is 1. The fourth-order valence-electron chi connectivity index (χ4n) is 2.22. The van der Waals surface area contributed by atoms with Gasteiger partial charge in [0.15, 0.2) is 5.78 Å². The summed E-state index contributed by atoms with van der Waals surface area (Å²) in [4.78, 5) is 37.8. The second-order valence-corrected chi connectivity index (χ2v) is 5.35. The van der Waals surface area contributed by atoms with Gasteiger partial charge < -0.3 is 0 Å². The average Bonchev–Trinajstić information content (AvgIpc) is 2.80. The van der Waals surface area contributed by atoms with Crippen LogP contribution in [0.1, 0.15) is 30.1 Å². The van der Waals surface area contributed by atoms with Crippen LogP contribution < -0.4 is 0 Å². The van der Waals surface area contributed by atoms with Crippen LogP contribution in [0, 0.1) is 0 Å². The minimum Gasteiger partial charge on any atom is -0.298 e. The summed E-state index contributed by atoms with van der Waals surface area (Å²) in [6.07, 6.45) is 2.61. The van der Waals surface area contributed by atoms with E-state index < -0.39 is 6.04 Å². The number of amides is 2. The highest BCUT2D eigenvalue weighted by Crippen LogP contribution is 2.24. The topological polar surface area (TPSA) is 54.5 Å². The number of imide groups is 1. The predicted octanol–water partition coefficient (Wildman–Crippen LogP) is 2.13. The Kier molecular flexibility index (Phi) is 4.04. The summed E-state index contributed by atoms with van der Waals surface area (Å²) in [5.41, 5.74) is 0.452. The highest BCUT2D eigenvalue weighted by molar-refractivity contribution is 7.98. The lowest BCUT2D eigenvalue weighted by molar-refractivity contribution is -0.130. The van der Waals surface area contributed by atoms with Crippen LogP contribution in [0.25, 0.3) is 0 Å². The third-order valence-corrected chi connectivity index (χ3v) is 3.94. The molecule has 100 valence electrons. The van der Waals surface area contributed by atoms with Crippen LogP contribution in [-0.2, 0) is 9.59 Å². The van der Waals surface area contributed by atoms with Gasteiger partial charge in [-0.2, -0.15) is 0 Å². The Morgan fingerprint density at radius 2 is 2.11 bits per heavy atom. The van der Waals surface area contributed by atoms with Crippen molar-refractivity contribution in [3.8, 4) is 0 Å². The first-order valence-electron chi connectivity index (χ1n) is 6.05. The molecule has 0 bridgehead atoms. The van der Waals surface area contributed by atoms with Crippen molar-refractivity contribution in [2.24, 2.45) is 0 Å². The van der Waals surface area contributed by atoms with Crippen LogP contribution in [0.4, 0.5) is 0 Å². The van der Waals surface area contributed by atoms with Crippen molar-refractivity contribution in [1.29, 1.82) is 0 Å². The van der Waals surface area contributed by atoms with E-state index in [1.165, 1.54) is 18.7 Å². The molecule has 5 heteroatoms. The van der Waals surface area contributed by atoms with Gasteiger partial charge in [0.1, 0.15) is 0 Å². The third-order valence-electron chi connectivity index (χ3n) is 3.22. The number of ketones is 1. The van der Waals surface area contributed by atoms with Crippen molar-refractivity contribution in [3.05, 3.63) is 29.8 Å². The van der Waals surface area contributed by atoms with Crippen molar-refractivity contribution >= 4 is 29.4 Å². The van der Waals surface area contributed by atoms with Crippen molar-refractivity contribution in [2.75, 3.05) is 6.26 Å². The quantitative estimate of drug-likeness (QED) is 0.627. The lowest BCUT2D eigenvalue weighted by Gasteiger charge is -2.20. The second kappa shape index (κ2) is 5.57. The van der Waals surface area contributed by atoms with Crippen molar-refractivity contribution in [1.82, 2.24) is 4.90 Å². The predicted molar refractivity (Wildman–Crippen MR) is 73.1 cm³/mol. The first-order valence-corrected chi connectivity index (χ1v) is 7.28. The normalized spacial score (nSPS) is 18.7. The summed E-state index contributed by atoms with van der Waals surface area (Å²) in [7, 11) is 0. The standard InChI is InChI=1S/C14H15NO3S/c1-9(16)12-6-7-13(17)15(12)14(18)10-4-3-5-11(8-10)19-2/h3-5,8,12H,6-7H2,1-2H3/t12-/m1/s1.